The highest BCUT2D eigenvalue weighted by atomic mass is 127. The highest BCUT2D eigenvalue weighted by molar-refractivity contribution is 14.1. The summed E-state index contributed by atoms with van der Waals surface area (Å²) in [5, 5.41) is 18.2. The first-order valence-electron chi connectivity index (χ1n) is 4.03. The van der Waals surface area contributed by atoms with Crippen LogP contribution in [0.4, 0.5) is 0 Å². The molecule has 0 spiro atoms. The Morgan fingerprint density at radius 3 is 2.79 bits per heavy atom. The van der Waals surface area contributed by atoms with E-state index in [1.54, 1.807) is 18.2 Å². The van der Waals surface area contributed by atoms with Gasteiger partial charge in [-0.15, -0.1) is 0 Å². The van der Waals surface area contributed by atoms with Gasteiger partial charge in [0.15, 0.2) is 11.5 Å². The van der Waals surface area contributed by atoms with Gasteiger partial charge in [0.25, 0.3) is 0 Å². The average molecular weight is 306 g/mol. The fraction of sp³-hybridized carbons (Fsp3) is 0.200. The smallest absolute Gasteiger partial charge is 0.171 e. The summed E-state index contributed by atoms with van der Waals surface area (Å²) in [6, 6.07) is 3.52. The molecule has 0 aliphatic carbocycles. The predicted octanol–water partition coefficient (Wildman–Crippen LogP) is 2.01. The highest BCUT2D eigenvalue weighted by Gasteiger charge is 2.06. The van der Waals surface area contributed by atoms with Crippen molar-refractivity contribution >= 4 is 28.7 Å². The molecule has 0 aliphatic rings. The van der Waals surface area contributed by atoms with Crippen LogP contribution < -0.4 is 4.74 Å². The molecule has 0 atom stereocenters. The van der Waals surface area contributed by atoms with Gasteiger partial charge in [0.1, 0.15) is 0 Å². The van der Waals surface area contributed by atoms with Crippen LogP contribution >= 0.6 is 22.6 Å². The monoisotopic (exact) mass is 306 g/mol. The number of aliphatic hydroxyl groups excluding tert-OH is 1. The number of ether oxygens (including phenoxy) is 1. The molecule has 0 aliphatic heterocycles. The van der Waals surface area contributed by atoms with Gasteiger partial charge in [0.2, 0.25) is 0 Å². The highest BCUT2D eigenvalue weighted by Crippen LogP contribution is 2.32. The van der Waals surface area contributed by atoms with E-state index in [-0.39, 0.29) is 12.4 Å². The summed E-state index contributed by atoms with van der Waals surface area (Å²) in [7, 11) is 1.50. The van der Waals surface area contributed by atoms with Crippen molar-refractivity contribution in [2.45, 2.75) is 0 Å². The van der Waals surface area contributed by atoms with Crippen LogP contribution in [-0.2, 0) is 0 Å². The lowest BCUT2D eigenvalue weighted by atomic mass is 10.2. The Morgan fingerprint density at radius 2 is 2.21 bits per heavy atom. The lowest BCUT2D eigenvalue weighted by molar-refractivity contribution is 0.343. The molecule has 1 aromatic carbocycles. The van der Waals surface area contributed by atoms with Crippen molar-refractivity contribution in [3.63, 3.8) is 0 Å². The van der Waals surface area contributed by atoms with Gasteiger partial charge in [-0.05, 0) is 40.3 Å². The van der Waals surface area contributed by atoms with Crippen molar-refractivity contribution in [1.82, 2.24) is 0 Å². The second-order valence-corrected chi connectivity index (χ2v) is 3.80. The molecule has 0 saturated heterocycles. The Balaban J connectivity index is 3.09. The van der Waals surface area contributed by atoms with Crippen molar-refractivity contribution < 1.29 is 14.9 Å². The molecule has 0 bridgehead atoms. The fourth-order valence-corrected chi connectivity index (χ4v) is 1.66. The Kier molecular flexibility index (Phi) is 4.21. The van der Waals surface area contributed by atoms with E-state index < -0.39 is 0 Å². The van der Waals surface area contributed by atoms with E-state index in [0.29, 0.717) is 5.75 Å². The number of methoxy groups -OCH3 is 1. The van der Waals surface area contributed by atoms with E-state index in [9.17, 15) is 5.11 Å². The van der Waals surface area contributed by atoms with Crippen LogP contribution in [-0.4, -0.2) is 23.9 Å². The van der Waals surface area contributed by atoms with E-state index in [0.717, 1.165) is 9.13 Å². The van der Waals surface area contributed by atoms with E-state index in [1.807, 2.05) is 28.7 Å². The fourth-order valence-electron chi connectivity index (χ4n) is 1.03. The molecular formula is C10H11IO3. The maximum absolute atomic E-state index is 9.54. The number of phenols is 1. The summed E-state index contributed by atoms with van der Waals surface area (Å²) >= 11 is 2.02. The van der Waals surface area contributed by atoms with Gasteiger partial charge in [-0.25, -0.2) is 0 Å². The van der Waals surface area contributed by atoms with Gasteiger partial charge in [0, 0.05) is 0 Å². The molecular weight excluding hydrogens is 295 g/mol. The topological polar surface area (TPSA) is 49.7 Å². The standard InChI is InChI=1S/C10H11IO3/c1-14-9-6-7(3-2-4-12)5-8(11)10(9)13/h2-3,5-6,12-13H,4H2,1H3. The van der Waals surface area contributed by atoms with Crippen LogP contribution in [0.15, 0.2) is 18.2 Å². The SMILES string of the molecule is COc1cc(C=CCO)cc(I)c1O. The first-order chi connectivity index (χ1) is 6.69. The summed E-state index contributed by atoms with van der Waals surface area (Å²) in [4.78, 5) is 0. The quantitative estimate of drug-likeness (QED) is 0.840. The molecule has 14 heavy (non-hydrogen) atoms. The lowest BCUT2D eigenvalue weighted by Gasteiger charge is -2.06. The molecule has 0 unspecified atom stereocenters. The van der Waals surface area contributed by atoms with Crippen molar-refractivity contribution in [3.8, 4) is 11.5 Å². The van der Waals surface area contributed by atoms with E-state index in [2.05, 4.69) is 0 Å². The van der Waals surface area contributed by atoms with Gasteiger partial charge in [-0.2, -0.15) is 0 Å². The lowest BCUT2D eigenvalue weighted by Crippen LogP contribution is -1.87. The van der Waals surface area contributed by atoms with Gasteiger partial charge >= 0.3 is 0 Å². The molecule has 1 aromatic rings. The zero-order chi connectivity index (χ0) is 10.6. The summed E-state index contributed by atoms with van der Waals surface area (Å²) in [5.74, 6) is 0.587. The minimum Gasteiger partial charge on any atom is -0.504 e. The number of rotatable bonds is 3. The summed E-state index contributed by atoms with van der Waals surface area (Å²) in [6.45, 7) is -0.000227. The largest absolute Gasteiger partial charge is 0.504 e. The third-order valence-electron chi connectivity index (χ3n) is 1.69. The third kappa shape index (κ3) is 2.62. The minimum absolute atomic E-state index is 0.000227. The number of hydrogen-bond donors (Lipinski definition) is 2. The van der Waals surface area contributed by atoms with Crippen LogP contribution in [0, 0.1) is 3.57 Å². The van der Waals surface area contributed by atoms with Crippen molar-refractivity contribution in [1.29, 1.82) is 0 Å². The number of hydrogen-bond acceptors (Lipinski definition) is 3. The normalized spacial score (nSPS) is 10.8. The molecule has 3 nitrogen and oxygen atoms in total. The van der Waals surface area contributed by atoms with Gasteiger partial charge in [0.05, 0.1) is 17.3 Å². The van der Waals surface area contributed by atoms with Gasteiger partial charge < -0.3 is 14.9 Å². The van der Waals surface area contributed by atoms with E-state index in [1.165, 1.54) is 7.11 Å². The molecule has 76 valence electrons. The average Bonchev–Trinajstić information content (AvgIpc) is 2.19. The van der Waals surface area contributed by atoms with Crippen molar-refractivity contribution in [2.24, 2.45) is 0 Å². The molecule has 0 heterocycles. The first kappa shape index (κ1) is 11.3. The second kappa shape index (κ2) is 5.21. The predicted molar refractivity (Wildman–Crippen MR) is 63.5 cm³/mol. The van der Waals surface area contributed by atoms with Gasteiger partial charge in [-0.3, -0.25) is 0 Å². The summed E-state index contributed by atoms with van der Waals surface area (Å²) < 4.78 is 5.72. The van der Waals surface area contributed by atoms with Crippen LogP contribution in [0.5, 0.6) is 11.5 Å². The molecule has 2 N–H and O–H groups in total. The van der Waals surface area contributed by atoms with Crippen molar-refractivity contribution in [2.75, 3.05) is 13.7 Å². The molecule has 0 saturated carbocycles. The molecule has 0 aromatic heterocycles. The Morgan fingerprint density at radius 1 is 1.50 bits per heavy atom. The second-order valence-electron chi connectivity index (χ2n) is 2.64. The van der Waals surface area contributed by atoms with Crippen LogP contribution in [0.1, 0.15) is 5.56 Å². The Hall–Kier alpha value is -0.750. The van der Waals surface area contributed by atoms with Crippen LogP contribution in [0.3, 0.4) is 0 Å². The van der Waals surface area contributed by atoms with Crippen molar-refractivity contribution in [3.05, 3.63) is 27.3 Å². The molecule has 0 radical (unpaired) electrons. The van der Waals surface area contributed by atoms with E-state index >= 15 is 0 Å². The molecule has 4 heteroatoms. The minimum atomic E-state index is -0.000227. The van der Waals surface area contributed by atoms with Crippen LogP contribution in [0.2, 0.25) is 0 Å². The van der Waals surface area contributed by atoms with Crippen LogP contribution in [0.25, 0.3) is 6.08 Å². The first-order valence-corrected chi connectivity index (χ1v) is 5.10. The molecule has 0 fully saturated rings. The maximum Gasteiger partial charge on any atom is 0.171 e. The number of aromatic hydroxyl groups is 1. The summed E-state index contributed by atoms with van der Waals surface area (Å²) in [5.41, 5.74) is 0.887. The summed E-state index contributed by atoms with van der Waals surface area (Å²) in [6.07, 6.45) is 3.39. The zero-order valence-electron chi connectivity index (χ0n) is 7.70. The third-order valence-corrected chi connectivity index (χ3v) is 2.51. The zero-order valence-corrected chi connectivity index (χ0v) is 9.85. The molecule has 1 rings (SSSR count). The molecule has 0 amide bonds. The maximum atomic E-state index is 9.54. The number of benzene rings is 1. The number of phenolic OH excluding ortho intramolecular Hbond substituents is 1. The Bertz CT molecular complexity index is 347. The Labute approximate surface area is 96.2 Å². The number of halogens is 1. The number of aliphatic hydroxyl groups is 1. The van der Waals surface area contributed by atoms with Gasteiger partial charge in [-0.1, -0.05) is 12.2 Å². The van der Waals surface area contributed by atoms with E-state index in [4.69, 9.17) is 9.84 Å².